The Bertz CT molecular complexity index is 1290. The van der Waals surface area contributed by atoms with E-state index in [0.717, 1.165) is 67.0 Å². The van der Waals surface area contributed by atoms with Crippen LogP contribution in [0.15, 0.2) is 60.6 Å². The van der Waals surface area contributed by atoms with Crippen LogP contribution in [0.25, 0.3) is 16.2 Å². The third kappa shape index (κ3) is 5.65. The van der Waals surface area contributed by atoms with Crippen LogP contribution in [0.2, 0.25) is 0 Å². The Labute approximate surface area is 208 Å². The fraction of sp³-hybridized carbons (Fsp3) is 0.370. The number of rotatable bonds is 9. The minimum absolute atomic E-state index is 0.0298. The molecular formula is C27H29N5O2S. The summed E-state index contributed by atoms with van der Waals surface area (Å²) in [6.45, 7) is 1.58. The van der Waals surface area contributed by atoms with Crippen molar-refractivity contribution in [2.24, 2.45) is 5.92 Å². The molecule has 0 N–H and O–H groups in total. The van der Waals surface area contributed by atoms with Crippen molar-refractivity contribution >= 4 is 28.7 Å². The molecule has 0 aliphatic carbocycles. The third-order valence-electron chi connectivity index (χ3n) is 6.76. The second-order valence-corrected chi connectivity index (χ2v) is 10.0. The Kier molecular flexibility index (Phi) is 7.28. The molecule has 1 aliphatic heterocycles. The average Bonchev–Trinajstić information content (AvgIpc) is 3.58. The van der Waals surface area contributed by atoms with Crippen LogP contribution in [0.4, 0.5) is 0 Å². The lowest BCUT2D eigenvalue weighted by Gasteiger charge is -2.31. The normalized spacial score (nSPS) is 14.5. The molecule has 0 spiro atoms. The number of nitrogens with zero attached hydrogens (tertiary/aromatic N) is 5. The summed E-state index contributed by atoms with van der Waals surface area (Å²) < 4.78 is 1.89. The molecule has 1 saturated heterocycles. The van der Waals surface area contributed by atoms with Crippen LogP contribution >= 0.6 is 11.3 Å². The summed E-state index contributed by atoms with van der Waals surface area (Å²) in [5, 5.41) is 2.68. The summed E-state index contributed by atoms with van der Waals surface area (Å²) in [5.74, 6) is 0.878. The first kappa shape index (κ1) is 23.4. The van der Waals surface area contributed by atoms with Crippen molar-refractivity contribution in [1.82, 2.24) is 24.3 Å². The van der Waals surface area contributed by atoms with E-state index in [-0.39, 0.29) is 11.7 Å². The predicted molar refractivity (Wildman–Crippen MR) is 137 cm³/mol. The number of hydrogen-bond acceptors (Lipinski definition) is 6. The van der Waals surface area contributed by atoms with Gasteiger partial charge in [-0.2, -0.15) is 0 Å². The van der Waals surface area contributed by atoms with Gasteiger partial charge in [-0.05, 0) is 49.4 Å². The number of amides is 1. The Hall–Kier alpha value is -3.39. The number of thiazole rings is 1. The molecule has 7 nitrogen and oxygen atoms in total. The fourth-order valence-corrected chi connectivity index (χ4v) is 5.49. The summed E-state index contributed by atoms with van der Waals surface area (Å²) in [4.78, 5) is 40.2. The Balaban J connectivity index is 1.01. The van der Waals surface area contributed by atoms with E-state index in [2.05, 4.69) is 15.0 Å². The molecule has 4 aromatic heterocycles. The number of pyridine rings is 2. The van der Waals surface area contributed by atoms with E-state index in [1.54, 1.807) is 18.6 Å². The number of carbonyl (C=O) groups is 2. The molecule has 5 rings (SSSR count). The topological polar surface area (TPSA) is 80.5 Å². The maximum atomic E-state index is 12.9. The molecule has 35 heavy (non-hydrogen) atoms. The number of fused-ring (bicyclic) bond motifs is 1. The van der Waals surface area contributed by atoms with Gasteiger partial charge < -0.3 is 9.30 Å². The number of imidazole rings is 1. The van der Waals surface area contributed by atoms with Gasteiger partial charge in [0, 0.05) is 67.0 Å². The van der Waals surface area contributed by atoms with Crippen LogP contribution in [-0.4, -0.2) is 49.0 Å². The lowest BCUT2D eigenvalue weighted by Crippen LogP contribution is -2.38. The van der Waals surface area contributed by atoms with Crippen molar-refractivity contribution in [1.29, 1.82) is 0 Å². The molecule has 1 fully saturated rings. The summed E-state index contributed by atoms with van der Waals surface area (Å²) in [6.07, 6.45) is 15.9. The number of Topliss-reactive ketones (excluding diaryl/α,β-unsaturated/α-hetero) is 1. The zero-order chi connectivity index (χ0) is 24.0. The molecule has 0 aromatic carbocycles. The first-order valence-electron chi connectivity index (χ1n) is 12.3. The summed E-state index contributed by atoms with van der Waals surface area (Å²) >= 11 is 1.49. The van der Waals surface area contributed by atoms with Crippen LogP contribution in [0, 0.1) is 5.92 Å². The van der Waals surface area contributed by atoms with Gasteiger partial charge in [0.2, 0.25) is 0 Å². The summed E-state index contributed by atoms with van der Waals surface area (Å²) in [6, 6.07) is 7.59. The van der Waals surface area contributed by atoms with Crippen LogP contribution in [0.3, 0.4) is 0 Å². The predicted octanol–water partition coefficient (Wildman–Crippen LogP) is 5.54. The average molecular weight is 488 g/mol. The van der Waals surface area contributed by atoms with Gasteiger partial charge in [0.15, 0.2) is 5.78 Å². The van der Waals surface area contributed by atoms with E-state index in [1.807, 2.05) is 51.3 Å². The minimum atomic E-state index is 0.0298. The smallest absolute Gasteiger partial charge is 0.273 e. The molecule has 1 aliphatic rings. The van der Waals surface area contributed by atoms with Gasteiger partial charge in [-0.25, -0.2) is 9.97 Å². The highest BCUT2D eigenvalue weighted by Crippen LogP contribution is 2.27. The molecule has 0 saturated carbocycles. The Morgan fingerprint density at radius 1 is 1.06 bits per heavy atom. The molecule has 8 heteroatoms. The number of hydrogen-bond donors (Lipinski definition) is 0. The summed E-state index contributed by atoms with van der Waals surface area (Å²) in [7, 11) is 0. The van der Waals surface area contributed by atoms with Crippen LogP contribution in [0.5, 0.6) is 0 Å². The molecule has 0 atom stereocenters. The number of aromatic nitrogens is 4. The highest BCUT2D eigenvalue weighted by Gasteiger charge is 2.25. The maximum absolute atomic E-state index is 12.9. The zero-order valence-corrected chi connectivity index (χ0v) is 20.5. The Morgan fingerprint density at radius 2 is 1.94 bits per heavy atom. The number of ketones is 1. The number of carbonyl (C=O) groups excluding carboxylic acids is 2. The van der Waals surface area contributed by atoms with Crippen molar-refractivity contribution in [3.63, 3.8) is 0 Å². The standard InChI is InChI=1S/C27H29N5O2S/c33-24(22-8-9-25-29-13-16-32(25)18-22)7-3-1-2-5-20-10-14-31(15-11-20)27(34)23-19-35-26(30-23)21-6-4-12-28-17-21/h4,6,8-9,12-13,16-20H,1-3,5,7,10-11,14-15H2. The van der Waals surface area contributed by atoms with Gasteiger partial charge in [0.05, 0.1) is 0 Å². The van der Waals surface area contributed by atoms with Crippen molar-refractivity contribution in [3.8, 4) is 10.6 Å². The molecule has 0 bridgehead atoms. The van der Waals surface area contributed by atoms with Gasteiger partial charge in [-0.1, -0.05) is 19.3 Å². The highest BCUT2D eigenvalue weighted by atomic mass is 32.1. The van der Waals surface area contributed by atoms with Crippen molar-refractivity contribution in [3.05, 3.63) is 71.9 Å². The second-order valence-electron chi connectivity index (χ2n) is 9.15. The highest BCUT2D eigenvalue weighted by molar-refractivity contribution is 7.13. The van der Waals surface area contributed by atoms with Gasteiger partial charge in [-0.3, -0.25) is 14.6 Å². The number of unbranched alkanes of at least 4 members (excludes halogenated alkanes) is 2. The van der Waals surface area contributed by atoms with Gasteiger partial charge >= 0.3 is 0 Å². The molecule has 4 aromatic rings. The van der Waals surface area contributed by atoms with E-state index in [9.17, 15) is 9.59 Å². The molecule has 0 radical (unpaired) electrons. The molecule has 0 unspecified atom stereocenters. The first-order valence-corrected chi connectivity index (χ1v) is 13.2. The molecular weight excluding hydrogens is 458 g/mol. The van der Waals surface area contributed by atoms with E-state index in [1.165, 1.54) is 17.8 Å². The van der Waals surface area contributed by atoms with Crippen molar-refractivity contribution in [2.45, 2.75) is 44.9 Å². The van der Waals surface area contributed by atoms with Crippen LogP contribution in [0.1, 0.15) is 65.8 Å². The number of piperidine rings is 1. The Morgan fingerprint density at radius 3 is 2.77 bits per heavy atom. The lowest BCUT2D eigenvalue weighted by molar-refractivity contribution is 0.0680. The molecule has 1 amide bonds. The van der Waals surface area contributed by atoms with E-state index in [4.69, 9.17) is 0 Å². The van der Waals surface area contributed by atoms with Crippen molar-refractivity contribution < 1.29 is 9.59 Å². The minimum Gasteiger partial charge on any atom is -0.337 e. The van der Waals surface area contributed by atoms with E-state index in [0.29, 0.717) is 18.0 Å². The van der Waals surface area contributed by atoms with Gasteiger partial charge in [0.25, 0.3) is 5.91 Å². The van der Waals surface area contributed by atoms with Crippen molar-refractivity contribution in [2.75, 3.05) is 13.1 Å². The summed E-state index contributed by atoms with van der Waals surface area (Å²) in [5.41, 5.74) is 3.08. The maximum Gasteiger partial charge on any atom is 0.273 e. The third-order valence-corrected chi connectivity index (χ3v) is 7.65. The largest absolute Gasteiger partial charge is 0.337 e. The van der Waals surface area contributed by atoms with E-state index >= 15 is 0 Å². The quantitative estimate of drug-likeness (QED) is 0.229. The molecule has 180 valence electrons. The first-order chi connectivity index (χ1) is 17.2. The zero-order valence-electron chi connectivity index (χ0n) is 19.7. The number of likely N-dealkylation sites (tertiary alicyclic amines) is 1. The van der Waals surface area contributed by atoms with E-state index < -0.39 is 0 Å². The lowest BCUT2D eigenvalue weighted by atomic mass is 9.91. The van der Waals surface area contributed by atoms with Gasteiger partial charge in [0.1, 0.15) is 16.3 Å². The second kappa shape index (κ2) is 10.9. The molecule has 5 heterocycles. The van der Waals surface area contributed by atoms with Crippen LogP contribution < -0.4 is 0 Å². The monoisotopic (exact) mass is 487 g/mol. The van der Waals surface area contributed by atoms with Crippen LogP contribution in [-0.2, 0) is 0 Å². The van der Waals surface area contributed by atoms with Gasteiger partial charge in [-0.15, -0.1) is 11.3 Å². The fourth-order valence-electron chi connectivity index (χ4n) is 4.71. The SMILES string of the molecule is O=C(CCCCCC1CCN(C(=O)c2csc(-c3cccnc3)n2)CC1)c1ccc2nccn2c1.